The molecule has 92 valence electrons. The van der Waals surface area contributed by atoms with E-state index >= 15 is 0 Å². The van der Waals surface area contributed by atoms with Crippen molar-refractivity contribution in [2.24, 2.45) is 0 Å². The van der Waals surface area contributed by atoms with Gasteiger partial charge in [0.25, 0.3) is 0 Å². The van der Waals surface area contributed by atoms with E-state index < -0.39 is 5.97 Å². The number of rotatable bonds is 4. The molecule has 0 fully saturated rings. The fourth-order valence-electron chi connectivity index (χ4n) is 1.49. The lowest BCUT2D eigenvalue weighted by molar-refractivity contribution is 0.0690. The number of aryl methyl sites for hydroxylation is 1. The highest BCUT2D eigenvalue weighted by molar-refractivity contribution is 5.85. The van der Waals surface area contributed by atoms with Crippen LogP contribution in [-0.4, -0.2) is 21.0 Å². The summed E-state index contributed by atoms with van der Waals surface area (Å²) in [4.78, 5) is 18.6. The minimum Gasteiger partial charge on any atom is -0.477 e. The van der Waals surface area contributed by atoms with E-state index in [0.29, 0.717) is 0 Å². The lowest BCUT2D eigenvalue weighted by atomic mass is 10.1. The number of carboxylic acid groups (broad SMARTS) is 1. The maximum atomic E-state index is 10.8. The van der Waals surface area contributed by atoms with E-state index in [2.05, 4.69) is 22.2 Å². The molecule has 0 aliphatic carbocycles. The SMILES string of the molecule is CCc1ccc(Nc2nccc(C(=O)O)n2)cc1. The van der Waals surface area contributed by atoms with Crippen LogP contribution < -0.4 is 5.32 Å². The molecule has 1 aromatic heterocycles. The van der Waals surface area contributed by atoms with E-state index in [1.807, 2.05) is 24.3 Å². The van der Waals surface area contributed by atoms with Crippen molar-refractivity contribution in [1.82, 2.24) is 9.97 Å². The Labute approximate surface area is 105 Å². The average Bonchev–Trinajstić information content (AvgIpc) is 2.40. The van der Waals surface area contributed by atoms with Gasteiger partial charge in [0.1, 0.15) is 0 Å². The van der Waals surface area contributed by atoms with Crippen molar-refractivity contribution in [2.75, 3.05) is 5.32 Å². The average molecular weight is 243 g/mol. The number of anilines is 2. The number of hydrogen-bond acceptors (Lipinski definition) is 4. The number of aromatic carboxylic acids is 1. The smallest absolute Gasteiger partial charge is 0.354 e. The van der Waals surface area contributed by atoms with E-state index in [9.17, 15) is 4.79 Å². The summed E-state index contributed by atoms with van der Waals surface area (Å²) in [5.74, 6) is -0.791. The summed E-state index contributed by atoms with van der Waals surface area (Å²) >= 11 is 0. The zero-order chi connectivity index (χ0) is 13.0. The second-order valence-electron chi connectivity index (χ2n) is 3.75. The van der Waals surface area contributed by atoms with Crippen molar-refractivity contribution in [3.63, 3.8) is 0 Å². The Morgan fingerprint density at radius 3 is 2.61 bits per heavy atom. The van der Waals surface area contributed by atoms with Crippen LogP contribution in [-0.2, 0) is 6.42 Å². The molecule has 5 nitrogen and oxygen atoms in total. The summed E-state index contributed by atoms with van der Waals surface area (Å²) in [7, 11) is 0. The van der Waals surface area contributed by atoms with Gasteiger partial charge in [-0.05, 0) is 30.2 Å². The standard InChI is InChI=1S/C13H13N3O2/c1-2-9-3-5-10(6-4-9)15-13-14-8-7-11(16-13)12(17)18/h3-8H,2H2,1H3,(H,17,18)(H,14,15,16). The summed E-state index contributed by atoms with van der Waals surface area (Å²) in [6, 6.07) is 9.19. The molecule has 2 rings (SSSR count). The van der Waals surface area contributed by atoms with Crippen LogP contribution in [0.25, 0.3) is 0 Å². The Balaban J connectivity index is 2.17. The Morgan fingerprint density at radius 1 is 1.28 bits per heavy atom. The lowest BCUT2D eigenvalue weighted by Gasteiger charge is -2.05. The third-order valence-electron chi connectivity index (χ3n) is 2.49. The minimum absolute atomic E-state index is 0.0299. The Morgan fingerprint density at radius 2 is 2.00 bits per heavy atom. The molecule has 2 N–H and O–H groups in total. The molecule has 5 heteroatoms. The van der Waals surface area contributed by atoms with Gasteiger partial charge >= 0.3 is 5.97 Å². The molecule has 18 heavy (non-hydrogen) atoms. The summed E-state index contributed by atoms with van der Waals surface area (Å²) < 4.78 is 0. The molecule has 0 bridgehead atoms. The maximum absolute atomic E-state index is 10.8. The molecule has 0 unspecified atom stereocenters. The summed E-state index contributed by atoms with van der Waals surface area (Å²) in [5, 5.41) is 11.8. The fourth-order valence-corrected chi connectivity index (χ4v) is 1.49. The largest absolute Gasteiger partial charge is 0.477 e. The quantitative estimate of drug-likeness (QED) is 0.862. The van der Waals surface area contributed by atoms with Crippen molar-refractivity contribution in [3.05, 3.63) is 47.8 Å². The van der Waals surface area contributed by atoms with Gasteiger partial charge in [0, 0.05) is 11.9 Å². The first-order valence-electron chi connectivity index (χ1n) is 5.61. The van der Waals surface area contributed by atoms with Crippen molar-refractivity contribution in [1.29, 1.82) is 0 Å². The van der Waals surface area contributed by atoms with E-state index in [0.717, 1.165) is 12.1 Å². The van der Waals surface area contributed by atoms with Crippen LogP contribution in [0.4, 0.5) is 11.6 Å². The van der Waals surface area contributed by atoms with Gasteiger partial charge in [0.05, 0.1) is 0 Å². The number of carboxylic acids is 1. The first kappa shape index (κ1) is 12.0. The van der Waals surface area contributed by atoms with Crippen LogP contribution >= 0.6 is 0 Å². The summed E-state index contributed by atoms with van der Waals surface area (Å²) in [6.07, 6.45) is 2.39. The Bertz CT molecular complexity index is 552. The number of aromatic nitrogens is 2. The molecule has 0 saturated heterocycles. The van der Waals surface area contributed by atoms with Crippen molar-refractivity contribution < 1.29 is 9.90 Å². The fraction of sp³-hybridized carbons (Fsp3) is 0.154. The Hall–Kier alpha value is -2.43. The number of nitrogens with one attached hydrogen (secondary N) is 1. The molecule has 1 heterocycles. The van der Waals surface area contributed by atoms with Gasteiger partial charge in [0.2, 0.25) is 5.95 Å². The van der Waals surface area contributed by atoms with Crippen molar-refractivity contribution in [3.8, 4) is 0 Å². The van der Waals surface area contributed by atoms with Crippen LogP contribution in [0.5, 0.6) is 0 Å². The second kappa shape index (κ2) is 5.27. The van der Waals surface area contributed by atoms with Gasteiger partial charge in [-0.2, -0.15) is 0 Å². The molecular weight excluding hydrogens is 230 g/mol. The summed E-state index contributed by atoms with van der Waals surface area (Å²) in [6.45, 7) is 2.09. The van der Waals surface area contributed by atoms with Gasteiger partial charge in [0.15, 0.2) is 5.69 Å². The van der Waals surface area contributed by atoms with Gasteiger partial charge in [-0.1, -0.05) is 19.1 Å². The first-order valence-corrected chi connectivity index (χ1v) is 5.61. The zero-order valence-electron chi connectivity index (χ0n) is 9.92. The predicted octanol–water partition coefficient (Wildman–Crippen LogP) is 2.48. The van der Waals surface area contributed by atoms with Crippen LogP contribution in [0.3, 0.4) is 0 Å². The van der Waals surface area contributed by atoms with Crippen LogP contribution in [0.2, 0.25) is 0 Å². The van der Waals surface area contributed by atoms with E-state index in [1.54, 1.807) is 0 Å². The van der Waals surface area contributed by atoms with E-state index in [-0.39, 0.29) is 11.6 Å². The predicted molar refractivity (Wildman–Crippen MR) is 68.1 cm³/mol. The number of nitrogens with zero attached hydrogens (tertiary/aromatic N) is 2. The Kier molecular flexibility index (Phi) is 3.52. The van der Waals surface area contributed by atoms with Crippen molar-refractivity contribution in [2.45, 2.75) is 13.3 Å². The highest BCUT2D eigenvalue weighted by atomic mass is 16.4. The van der Waals surface area contributed by atoms with Gasteiger partial charge in [-0.15, -0.1) is 0 Å². The molecular formula is C13H13N3O2. The lowest BCUT2D eigenvalue weighted by Crippen LogP contribution is -2.04. The van der Waals surface area contributed by atoms with Crippen LogP contribution in [0.1, 0.15) is 23.0 Å². The van der Waals surface area contributed by atoms with Crippen LogP contribution in [0, 0.1) is 0 Å². The molecule has 0 aliphatic rings. The molecule has 2 aromatic rings. The third-order valence-corrected chi connectivity index (χ3v) is 2.49. The normalized spacial score (nSPS) is 10.1. The van der Waals surface area contributed by atoms with Crippen LogP contribution in [0.15, 0.2) is 36.5 Å². The van der Waals surface area contributed by atoms with Gasteiger partial charge < -0.3 is 10.4 Å². The number of benzene rings is 1. The molecule has 0 spiro atoms. The zero-order valence-corrected chi connectivity index (χ0v) is 9.92. The highest BCUT2D eigenvalue weighted by Crippen LogP contribution is 2.14. The minimum atomic E-state index is -1.07. The van der Waals surface area contributed by atoms with E-state index in [1.165, 1.54) is 17.8 Å². The number of carbonyl (C=O) groups is 1. The topological polar surface area (TPSA) is 75.1 Å². The third kappa shape index (κ3) is 2.82. The monoisotopic (exact) mass is 243 g/mol. The molecule has 0 amide bonds. The maximum Gasteiger partial charge on any atom is 0.354 e. The highest BCUT2D eigenvalue weighted by Gasteiger charge is 2.06. The van der Waals surface area contributed by atoms with Gasteiger partial charge in [-0.3, -0.25) is 0 Å². The molecule has 0 aliphatic heterocycles. The second-order valence-corrected chi connectivity index (χ2v) is 3.75. The summed E-state index contributed by atoms with van der Waals surface area (Å²) in [5.41, 5.74) is 2.04. The van der Waals surface area contributed by atoms with Crippen molar-refractivity contribution >= 4 is 17.6 Å². The molecule has 0 radical (unpaired) electrons. The first-order chi connectivity index (χ1) is 8.69. The number of hydrogen-bond donors (Lipinski definition) is 2. The van der Waals surface area contributed by atoms with Gasteiger partial charge in [-0.25, -0.2) is 14.8 Å². The molecule has 1 aromatic carbocycles. The molecule has 0 atom stereocenters. The molecule has 0 saturated carbocycles. The van der Waals surface area contributed by atoms with E-state index in [4.69, 9.17) is 5.11 Å².